The second kappa shape index (κ2) is 5.75. The van der Waals surface area contributed by atoms with Gasteiger partial charge in [0.05, 0.1) is 0 Å². The van der Waals surface area contributed by atoms with Crippen LogP contribution in [0, 0.1) is 0 Å². The molecule has 0 N–H and O–H groups in total. The lowest BCUT2D eigenvalue weighted by Gasteiger charge is -2.21. The third kappa shape index (κ3) is 3.26. The lowest BCUT2D eigenvalue weighted by Crippen LogP contribution is -2.32. The summed E-state index contributed by atoms with van der Waals surface area (Å²) in [6, 6.07) is 12.7. The van der Waals surface area contributed by atoms with Crippen molar-refractivity contribution in [1.82, 2.24) is 9.29 Å². The Morgan fingerprint density at radius 3 is 2.43 bits per heavy atom. The number of halogens is 1. The molecule has 0 unspecified atom stereocenters. The quantitative estimate of drug-likeness (QED) is 0.795. The molecule has 1 saturated carbocycles. The van der Waals surface area contributed by atoms with Crippen LogP contribution >= 0.6 is 11.6 Å². The minimum atomic E-state index is -3.54. The van der Waals surface area contributed by atoms with Gasteiger partial charge in [-0.25, -0.2) is 13.4 Å². The van der Waals surface area contributed by atoms with Crippen molar-refractivity contribution in [2.75, 3.05) is 0 Å². The molecule has 0 amide bonds. The first-order chi connectivity index (χ1) is 10.1. The van der Waals surface area contributed by atoms with Crippen LogP contribution in [0.1, 0.15) is 18.4 Å². The Hall–Kier alpha value is -1.43. The molecule has 0 bridgehead atoms. The van der Waals surface area contributed by atoms with Crippen molar-refractivity contribution in [1.29, 1.82) is 0 Å². The summed E-state index contributed by atoms with van der Waals surface area (Å²) in [5.41, 5.74) is 0.981. The van der Waals surface area contributed by atoms with Gasteiger partial charge in [0.25, 0.3) is 0 Å². The van der Waals surface area contributed by atoms with Crippen molar-refractivity contribution in [3.05, 3.63) is 59.4 Å². The van der Waals surface area contributed by atoms with E-state index in [1.165, 1.54) is 18.3 Å². The van der Waals surface area contributed by atoms with Gasteiger partial charge in [0.2, 0.25) is 10.0 Å². The molecule has 0 radical (unpaired) electrons. The molecule has 6 heteroatoms. The van der Waals surface area contributed by atoms with Gasteiger partial charge in [-0.05, 0) is 30.5 Å². The molecule has 2 aromatic rings. The Morgan fingerprint density at radius 1 is 1.14 bits per heavy atom. The van der Waals surface area contributed by atoms with Crippen molar-refractivity contribution in [2.45, 2.75) is 30.3 Å². The predicted molar refractivity (Wildman–Crippen MR) is 81.4 cm³/mol. The highest BCUT2D eigenvalue weighted by Crippen LogP contribution is 2.33. The fourth-order valence-corrected chi connectivity index (χ4v) is 3.92. The predicted octanol–water partition coefficient (Wildman–Crippen LogP) is 3.09. The highest BCUT2D eigenvalue weighted by atomic mass is 35.5. The zero-order valence-corrected chi connectivity index (χ0v) is 12.9. The third-order valence-electron chi connectivity index (χ3n) is 3.44. The van der Waals surface area contributed by atoms with Gasteiger partial charge in [0.15, 0.2) is 0 Å². The number of benzene rings is 1. The van der Waals surface area contributed by atoms with E-state index in [1.54, 1.807) is 4.31 Å². The van der Waals surface area contributed by atoms with Gasteiger partial charge in [0, 0.05) is 18.8 Å². The van der Waals surface area contributed by atoms with E-state index in [0.29, 0.717) is 6.54 Å². The Morgan fingerprint density at radius 2 is 1.86 bits per heavy atom. The van der Waals surface area contributed by atoms with Gasteiger partial charge in [0.1, 0.15) is 10.0 Å². The second-order valence-corrected chi connectivity index (χ2v) is 7.36. The van der Waals surface area contributed by atoms with E-state index in [1.807, 2.05) is 30.3 Å². The van der Waals surface area contributed by atoms with Crippen molar-refractivity contribution in [3.63, 3.8) is 0 Å². The van der Waals surface area contributed by atoms with Crippen molar-refractivity contribution in [3.8, 4) is 0 Å². The summed E-state index contributed by atoms with van der Waals surface area (Å²) in [5.74, 6) is 0. The van der Waals surface area contributed by atoms with Crippen LogP contribution in [0.2, 0.25) is 5.15 Å². The normalized spacial score (nSPS) is 15.3. The molecule has 0 atom stereocenters. The topological polar surface area (TPSA) is 50.3 Å². The van der Waals surface area contributed by atoms with E-state index in [9.17, 15) is 8.42 Å². The average molecular weight is 323 g/mol. The third-order valence-corrected chi connectivity index (χ3v) is 5.55. The standard InChI is InChI=1S/C15H15ClN2O2S/c16-15-9-8-14(10-17-15)21(19,20)18(13-6-7-13)11-12-4-2-1-3-5-12/h1-5,8-10,13H,6-7,11H2. The van der Waals surface area contributed by atoms with E-state index < -0.39 is 10.0 Å². The molecule has 1 aromatic heterocycles. The van der Waals surface area contributed by atoms with Crippen molar-refractivity contribution in [2.24, 2.45) is 0 Å². The van der Waals surface area contributed by atoms with Gasteiger partial charge in [-0.2, -0.15) is 4.31 Å². The summed E-state index contributed by atoms with van der Waals surface area (Å²) < 4.78 is 27.1. The number of nitrogens with zero attached hydrogens (tertiary/aromatic N) is 2. The minimum absolute atomic E-state index is 0.0888. The molecule has 1 aromatic carbocycles. The summed E-state index contributed by atoms with van der Waals surface area (Å²) in [6.45, 7) is 0.385. The maximum atomic E-state index is 12.8. The van der Waals surface area contributed by atoms with Crippen molar-refractivity contribution < 1.29 is 8.42 Å². The van der Waals surface area contributed by atoms with Crippen LogP contribution in [0.5, 0.6) is 0 Å². The van der Waals surface area contributed by atoms with Crippen LogP contribution in [0.15, 0.2) is 53.6 Å². The smallest absolute Gasteiger partial charge is 0.243 e. The van der Waals surface area contributed by atoms with Gasteiger partial charge in [-0.1, -0.05) is 41.9 Å². The summed E-state index contributed by atoms with van der Waals surface area (Å²) in [4.78, 5) is 4.06. The number of rotatable bonds is 5. The Kier molecular flexibility index (Phi) is 3.97. The van der Waals surface area contributed by atoms with Crippen molar-refractivity contribution >= 4 is 21.6 Å². The van der Waals surface area contributed by atoms with E-state index in [-0.39, 0.29) is 16.1 Å². The summed E-state index contributed by atoms with van der Waals surface area (Å²) in [5, 5.41) is 0.287. The zero-order valence-electron chi connectivity index (χ0n) is 11.3. The van der Waals surface area contributed by atoms with E-state index in [0.717, 1.165) is 18.4 Å². The monoisotopic (exact) mass is 322 g/mol. The molecule has 0 saturated heterocycles. The zero-order chi connectivity index (χ0) is 14.9. The number of pyridine rings is 1. The largest absolute Gasteiger partial charge is 0.245 e. The number of sulfonamides is 1. The first-order valence-corrected chi connectivity index (χ1v) is 8.56. The molecule has 4 nitrogen and oxygen atoms in total. The average Bonchev–Trinajstić information content (AvgIpc) is 3.31. The maximum absolute atomic E-state index is 12.8. The summed E-state index contributed by atoms with van der Waals surface area (Å²) in [7, 11) is -3.54. The number of hydrogen-bond donors (Lipinski definition) is 0. The highest BCUT2D eigenvalue weighted by molar-refractivity contribution is 7.89. The van der Waals surface area contributed by atoms with Gasteiger partial charge in [-0.3, -0.25) is 0 Å². The summed E-state index contributed by atoms with van der Waals surface area (Å²) in [6.07, 6.45) is 3.14. The van der Waals surface area contributed by atoms with Crippen LogP contribution in [-0.4, -0.2) is 23.7 Å². The molecular formula is C15H15ClN2O2S. The van der Waals surface area contributed by atoms with Crippen LogP contribution in [-0.2, 0) is 16.6 Å². The Labute approximate surface area is 129 Å². The molecule has 110 valence electrons. The Bertz CT molecular complexity index is 713. The molecule has 1 aliphatic rings. The van der Waals surface area contributed by atoms with Gasteiger partial charge >= 0.3 is 0 Å². The fourth-order valence-electron chi connectivity index (χ4n) is 2.19. The molecule has 3 rings (SSSR count). The Balaban J connectivity index is 1.91. The molecule has 21 heavy (non-hydrogen) atoms. The molecule has 1 fully saturated rings. The first-order valence-electron chi connectivity index (χ1n) is 6.75. The maximum Gasteiger partial charge on any atom is 0.245 e. The number of aromatic nitrogens is 1. The van der Waals surface area contributed by atoms with E-state index >= 15 is 0 Å². The van der Waals surface area contributed by atoms with Gasteiger partial charge in [-0.15, -0.1) is 0 Å². The second-order valence-electron chi connectivity index (χ2n) is 5.08. The molecule has 1 aliphatic carbocycles. The van der Waals surface area contributed by atoms with Crippen LogP contribution in [0.3, 0.4) is 0 Å². The lowest BCUT2D eigenvalue weighted by molar-refractivity contribution is 0.398. The van der Waals surface area contributed by atoms with Crippen LogP contribution in [0.4, 0.5) is 0 Å². The number of hydrogen-bond acceptors (Lipinski definition) is 3. The first kappa shape index (κ1) is 14.5. The highest BCUT2D eigenvalue weighted by Gasteiger charge is 2.38. The summed E-state index contributed by atoms with van der Waals surface area (Å²) >= 11 is 5.73. The SMILES string of the molecule is O=S(=O)(c1ccc(Cl)nc1)N(Cc1ccccc1)C1CC1. The lowest BCUT2D eigenvalue weighted by atomic mass is 10.2. The fraction of sp³-hybridized carbons (Fsp3) is 0.267. The van der Waals surface area contributed by atoms with E-state index in [4.69, 9.17) is 11.6 Å². The van der Waals surface area contributed by atoms with Crippen LogP contribution in [0.25, 0.3) is 0 Å². The molecular weight excluding hydrogens is 308 g/mol. The molecule has 1 heterocycles. The van der Waals surface area contributed by atoms with E-state index in [2.05, 4.69) is 4.98 Å². The van der Waals surface area contributed by atoms with Crippen LogP contribution < -0.4 is 0 Å². The molecule has 0 aliphatic heterocycles. The minimum Gasteiger partial charge on any atom is -0.243 e. The van der Waals surface area contributed by atoms with Gasteiger partial charge < -0.3 is 0 Å². The molecule has 0 spiro atoms.